The fourth-order valence-corrected chi connectivity index (χ4v) is 2.45. The van der Waals surface area contributed by atoms with E-state index in [0.717, 1.165) is 18.0 Å². The lowest BCUT2D eigenvalue weighted by Gasteiger charge is -2.36. The van der Waals surface area contributed by atoms with Crippen molar-refractivity contribution in [1.82, 2.24) is 5.32 Å². The molecule has 3 heteroatoms. The number of ether oxygens (including phenoxy) is 2. The van der Waals surface area contributed by atoms with Crippen LogP contribution in [0.1, 0.15) is 31.2 Å². The molecular formula is C14H21NO2. The van der Waals surface area contributed by atoms with E-state index in [1.54, 1.807) is 14.2 Å². The van der Waals surface area contributed by atoms with Crippen LogP contribution in [0.2, 0.25) is 0 Å². The van der Waals surface area contributed by atoms with E-state index in [4.69, 9.17) is 9.47 Å². The summed E-state index contributed by atoms with van der Waals surface area (Å²) in [5.41, 5.74) is 1.36. The summed E-state index contributed by atoms with van der Waals surface area (Å²) >= 11 is 0. The van der Waals surface area contributed by atoms with Crippen LogP contribution in [0.25, 0.3) is 0 Å². The predicted molar refractivity (Wildman–Crippen MR) is 69.0 cm³/mol. The quantitative estimate of drug-likeness (QED) is 0.851. The van der Waals surface area contributed by atoms with Crippen LogP contribution in [-0.4, -0.2) is 26.8 Å². The maximum absolute atomic E-state index is 5.33. The molecule has 0 atom stereocenters. The number of hydrogen-bond donors (Lipinski definition) is 1. The van der Waals surface area contributed by atoms with Gasteiger partial charge in [0.15, 0.2) is 11.5 Å². The highest BCUT2D eigenvalue weighted by molar-refractivity contribution is 5.44. The molecule has 3 nitrogen and oxygen atoms in total. The van der Waals surface area contributed by atoms with Crippen molar-refractivity contribution in [3.8, 4) is 11.5 Å². The molecule has 0 spiro atoms. The van der Waals surface area contributed by atoms with Gasteiger partial charge in [0.25, 0.3) is 0 Å². The molecule has 1 saturated carbocycles. The van der Waals surface area contributed by atoms with Gasteiger partial charge in [-0.05, 0) is 43.0 Å². The monoisotopic (exact) mass is 235 g/mol. The molecule has 1 aromatic rings. The van der Waals surface area contributed by atoms with Gasteiger partial charge in [0.2, 0.25) is 0 Å². The van der Waals surface area contributed by atoms with Gasteiger partial charge < -0.3 is 14.8 Å². The fourth-order valence-electron chi connectivity index (χ4n) is 2.45. The highest BCUT2D eigenvalue weighted by atomic mass is 16.5. The van der Waals surface area contributed by atoms with Crippen LogP contribution in [-0.2, 0) is 0 Å². The number of methoxy groups -OCH3 is 2. The second-order valence-electron chi connectivity index (χ2n) is 4.54. The zero-order chi connectivity index (χ0) is 12.3. The first-order chi connectivity index (χ1) is 8.28. The average Bonchev–Trinajstić information content (AvgIpc) is 2.32. The van der Waals surface area contributed by atoms with Crippen molar-refractivity contribution in [2.75, 3.05) is 20.8 Å². The fraction of sp³-hybridized carbons (Fsp3) is 0.571. The van der Waals surface area contributed by atoms with Crippen molar-refractivity contribution in [3.63, 3.8) is 0 Å². The van der Waals surface area contributed by atoms with Gasteiger partial charge in [-0.15, -0.1) is 0 Å². The van der Waals surface area contributed by atoms with E-state index in [-0.39, 0.29) is 0 Å². The van der Waals surface area contributed by atoms with Crippen molar-refractivity contribution < 1.29 is 9.47 Å². The second kappa shape index (κ2) is 5.41. The summed E-state index contributed by atoms with van der Waals surface area (Å²) in [6.45, 7) is 3.22. The first-order valence-corrected chi connectivity index (χ1v) is 6.23. The molecule has 1 N–H and O–H groups in total. The van der Waals surface area contributed by atoms with Gasteiger partial charge >= 0.3 is 0 Å². The lowest BCUT2D eigenvalue weighted by molar-refractivity contribution is 0.294. The minimum atomic E-state index is 0.666. The van der Waals surface area contributed by atoms with Gasteiger partial charge in [-0.3, -0.25) is 0 Å². The van der Waals surface area contributed by atoms with Gasteiger partial charge in [-0.1, -0.05) is 13.0 Å². The molecule has 0 saturated heterocycles. The highest BCUT2D eigenvalue weighted by Gasteiger charge is 2.29. The lowest BCUT2D eigenvalue weighted by atomic mass is 9.76. The van der Waals surface area contributed by atoms with E-state index in [1.807, 2.05) is 6.07 Å². The van der Waals surface area contributed by atoms with Crippen LogP contribution in [0, 0.1) is 0 Å². The molecule has 1 aliphatic rings. The van der Waals surface area contributed by atoms with E-state index in [1.165, 1.54) is 18.4 Å². The average molecular weight is 235 g/mol. The first-order valence-electron chi connectivity index (χ1n) is 6.23. The Kier molecular flexibility index (Phi) is 3.89. The van der Waals surface area contributed by atoms with Crippen LogP contribution >= 0.6 is 0 Å². The molecule has 0 aliphatic heterocycles. The van der Waals surface area contributed by atoms with Crippen LogP contribution < -0.4 is 14.8 Å². The molecular weight excluding hydrogens is 214 g/mol. The summed E-state index contributed by atoms with van der Waals surface area (Å²) < 4.78 is 10.6. The molecule has 94 valence electrons. The molecule has 0 radical (unpaired) electrons. The van der Waals surface area contributed by atoms with Crippen LogP contribution in [0.15, 0.2) is 18.2 Å². The van der Waals surface area contributed by atoms with Gasteiger partial charge in [-0.25, -0.2) is 0 Å². The molecule has 0 unspecified atom stereocenters. The molecule has 0 aromatic heterocycles. The summed E-state index contributed by atoms with van der Waals surface area (Å²) in [6.07, 6.45) is 2.45. The second-order valence-corrected chi connectivity index (χ2v) is 4.54. The Balaban J connectivity index is 2.03. The third kappa shape index (κ3) is 2.55. The molecule has 2 rings (SSSR count). The first kappa shape index (κ1) is 12.2. The summed E-state index contributed by atoms with van der Waals surface area (Å²) in [5, 5.41) is 3.48. The van der Waals surface area contributed by atoms with E-state index in [0.29, 0.717) is 12.0 Å². The summed E-state index contributed by atoms with van der Waals surface area (Å²) in [6, 6.07) is 6.94. The molecule has 0 bridgehead atoms. The lowest BCUT2D eigenvalue weighted by Crippen LogP contribution is -2.39. The maximum atomic E-state index is 5.33. The number of hydrogen-bond acceptors (Lipinski definition) is 3. The largest absolute Gasteiger partial charge is 0.493 e. The summed E-state index contributed by atoms with van der Waals surface area (Å²) in [7, 11) is 3.35. The molecule has 0 heterocycles. The van der Waals surface area contributed by atoms with Crippen molar-refractivity contribution in [1.29, 1.82) is 0 Å². The van der Waals surface area contributed by atoms with E-state index < -0.39 is 0 Å². The molecule has 1 fully saturated rings. The van der Waals surface area contributed by atoms with E-state index in [9.17, 15) is 0 Å². The normalized spacial score (nSPS) is 23.0. The Labute approximate surface area is 103 Å². The van der Waals surface area contributed by atoms with Crippen molar-refractivity contribution in [2.24, 2.45) is 0 Å². The van der Waals surface area contributed by atoms with Gasteiger partial charge in [0.05, 0.1) is 14.2 Å². The predicted octanol–water partition coefficient (Wildman–Crippen LogP) is 2.56. The topological polar surface area (TPSA) is 30.5 Å². The van der Waals surface area contributed by atoms with Crippen molar-refractivity contribution >= 4 is 0 Å². The van der Waals surface area contributed by atoms with Crippen LogP contribution in [0.5, 0.6) is 11.5 Å². The standard InChI is InChI=1S/C14H21NO2/c1-4-15-12-7-11(8-12)10-5-6-13(16-2)14(9-10)17-3/h5-6,9,11-12,15H,4,7-8H2,1-3H3. The minimum Gasteiger partial charge on any atom is -0.493 e. The van der Waals surface area contributed by atoms with Crippen molar-refractivity contribution in [2.45, 2.75) is 31.7 Å². The van der Waals surface area contributed by atoms with Gasteiger partial charge in [-0.2, -0.15) is 0 Å². The van der Waals surface area contributed by atoms with E-state index >= 15 is 0 Å². The van der Waals surface area contributed by atoms with Crippen molar-refractivity contribution in [3.05, 3.63) is 23.8 Å². The minimum absolute atomic E-state index is 0.666. The van der Waals surface area contributed by atoms with Gasteiger partial charge in [0, 0.05) is 6.04 Å². The van der Waals surface area contributed by atoms with E-state index in [2.05, 4.69) is 24.4 Å². The number of rotatable bonds is 5. The van der Waals surface area contributed by atoms with Gasteiger partial charge in [0.1, 0.15) is 0 Å². The summed E-state index contributed by atoms with van der Waals surface area (Å²) in [4.78, 5) is 0. The summed E-state index contributed by atoms with van der Waals surface area (Å²) in [5.74, 6) is 2.30. The Morgan fingerprint density at radius 3 is 2.47 bits per heavy atom. The number of benzene rings is 1. The molecule has 17 heavy (non-hydrogen) atoms. The highest BCUT2D eigenvalue weighted by Crippen LogP contribution is 2.40. The molecule has 1 aromatic carbocycles. The third-order valence-corrected chi connectivity index (χ3v) is 3.51. The molecule has 1 aliphatic carbocycles. The van der Waals surface area contributed by atoms with Crippen LogP contribution in [0.4, 0.5) is 0 Å². The smallest absolute Gasteiger partial charge is 0.160 e. The SMILES string of the molecule is CCNC1CC(c2ccc(OC)c(OC)c2)C1. The Bertz CT molecular complexity index is 372. The Morgan fingerprint density at radius 1 is 1.18 bits per heavy atom. The van der Waals surface area contributed by atoms with Crippen LogP contribution in [0.3, 0.4) is 0 Å². The molecule has 0 amide bonds. The third-order valence-electron chi connectivity index (χ3n) is 3.51. The zero-order valence-electron chi connectivity index (χ0n) is 10.8. The zero-order valence-corrected chi connectivity index (χ0v) is 10.8. The number of nitrogens with one attached hydrogen (secondary N) is 1. The Morgan fingerprint density at radius 2 is 1.88 bits per heavy atom. The maximum Gasteiger partial charge on any atom is 0.160 e. The Hall–Kier alpha value is -1.22.